The molecule has 1 aromatic carbocycles. The number of sulfone groups is 1. The topological polar surface area (TPSA) is 102 Å². The van der Waals surface area contributed by atoms with Crippen molar-refractivity contribution in [2.75, 3.05) is 13.4 Å². The quantitative estimate of drug-likeness (QED) is 0.892. The number of hydrogen-bond acceptors (Lipinski definition) is 6. The lowest BCUT2D eigenvalue weighted by molar-refractivity contribution is -0.192. The number of halogens is 1. The number of methoxy groups -OCH3 is 1. The molecular weight excluding hydrogens is 334 g/mol. The molecule has 2 rings (SSSR count). The first-order valence-corrected chi connectivity index (χ1v) is 8.42. The molecule has 1 unspecified atom stereocenters. The number of carboxylic acids is 1. The van der Waals surface area contributed by atoms with Crippen LogP contribution in [0.1, 0.15) is 29.3 Å². The molecule has 0 fully saturated rings. The van der Waals surface area contributed by atoms with Crippen molar-refractivity contribution in [3.05, 3.63) is 28.3 Å². The highest BCUT2D eigenvalue weighted by atomic mass is 35.5. The van der Waals surface area contributed by atoms with Crippen LogP contribution in [0.4, 0.5) is 0 Å². The number of ether oxygens (including phenoxy) is 1. The fourth-order valence-electron chi connectivity index (χ4n) is 2.07. The average molecular weight is 348 g/mol. The molecule has 0 bridgehead atoms. The van der Waals surface area contributed by atoms with Crippen LogP contribution in [0.15, 0.2) is 22.2 Å². The van der Waals surface area contributed by atoms with Crippen molar-refractivity contribution < 1.29 is 27.9 Å². The van der Waals surface area contributed by atoms with Gasteiger partial charge in [0.2, 0.25) is 5.79 Å². The number of carbonyl (C=O) groups is 1. The van der Waals surface area contributed by atoms with E-state index in [-0.39, 0.29) is 33.2 Å². The van der Waals surface area contributed by atoms with E-state index in [0.717, 1.165) is 12.3 Å². The zero-order valence-corrected chi connectivity index (χ0v) is 13.7. The number of carboxylic acid groups (broad SMARTS) is 1. The van der Waals surface area contributed by atoms with Crippen molar-refractivity contribution in [2.24, 2.45) is 5.16 Å². The molecule has 0 aromatic heterocycles. The first-order chi connectivity index (χ1) is 10.1. The van der Waals surface area contributed by atoms with Crippen molar-refractivity contribution >= 4 is 33.1 Å². The van der Waals surface area contributed by atoms with Gasteiger partial charge in [-0.2, -0.15) is 0 Å². The fraction of sp³-hybridized carbons (Fsp3) is 0.385. The molecule has 0 radical (unpaired) electrons. The number of benzene rings is 1. The molecule has 1 atom stereocenters. The van der Waals surface area contributed by atoms with Gasteiger partial charge < -0.3 is 14.7 Å². The minimum Gasteiger partial charge on any atom is -0.478 e. The molecule has 120 valence electrons. The number of rotatable bonds is 4. The Morgan fingerprint density at radius 3 is 2.59 bits per heavy atom. The van der Waals surface area contributed by atoms with Crippen molar-refractivity contribution in [2.45, 2.75) is 24.0 Å². The summed E-state index contributed by atoms with van der Waals surface area (Å²) >= 11 is 6.11. The van der Waals surface area contributed by atoms with Crippen molar-refractivity contribution in [1.29, 1.82) is 0 Å². The van der Waals surface area contributed by atoms with Gasteiger partial charge in [-0.05, 0) is 12.1 Å². The Morgan fingerprint density at radius 1 is 1.50 bits per heavy atom. The van der Waals surface area contributed by atoms with Gasteiger partial charge in [-0.25, -0.2) is 13.2 Å². The zero-order valence-electron chi connectivity index (χ0n) is 12.1. The first kappa shape index (κ1) is 16.7. The zero-order chi connectivity index (χ0) is 16.7. The highest BCUT2D eigenvalue weighted by Gasteiger charge is 2.37. The number of nitrogens with zero attached hydrogens (tertiary/aromatic N) is 1. The van der Waals surface area contributed by atoms with Gasteiger partial charge in [0.05, 0.1) is 27.6 Å². The molecular formula is C13H14ClNO6S. The van der Waals surface area contributed by atoms with E-state index < -0.39 is 21.6 Å². The lowest BCUT2D eigenvalue weighted by atomic mass is 10.0. The second-order valence-electron chi connectivity index (χ2n) is 5.02. The van der Waals surface area contributed by atoms with Crippen molar-refractivity contribution in [3.8, 4) is 0 Å². The van der Waals surface area contributed by atoms with E-state index in [0.29, 0.717) is 0 Å². The third-order valence-corrected chi connectivity index (χ3v) is 4.82. The van der Waals surface area contributed by atoms with Gasteiger partial charge in [-0.1, -0.05) is 16.8 Å². The second kappa shape index (κ2) is 5.53. The molecule has 1 aliphatic heterocycles. The van der Waals surface area contributed by atoms with Crippen LogP contribution in [-0.4, -0.2) is 44.4 Å². The molecule has 0 amide bonds. The Bertz CT molecular complexity index is 773. The van der Waals surface area contributed by atoms with E-state index in [1.807, 2.05) is 0 Å². The number of oxime groups is 1. The van der Waals surface area contributed by atoms with Gasteiger partial charge in [0.25, 0.3) is 0 Å². The van der Waals surface area contributed by atoms with Gasteiger partial charge in [-0.3, -0.25) is 0 Å². The average Bonchev–Trinajstić information content (AvgIpc) is 2.80. The molecule has 22 heavy (non-hydrogen) atoms. The van der Waals surface area contributed by atoms with Gasteiger partial charge >= 0.3 is 5.97 Å². The number of hydrogen-bond donors (Lipinski definition) is 1. The molecule has 7 nitrogen and oxygen atoms in total. The molecule has 0 aliphatic carbocycles. The normalized spacial score (nSPS) is 21.4. The van der Waals surface area contributed by atoms with E-state index >= 15 is 0 Å². The Hall–Kier alpha value is -1.64. The Kier molecular flexibility index (Phi) is 4.20. The van der Waals surface area contributed by atoms with Crippen LogP contribution in [0, 0.1) is 0 Å². The highest BCUT2D eigenvalue weighted by Crippen LogP contribution is 2.35. The van der Waals surface area contributed by atoms with E-state index in [2.05, 4.69) is 5.16 Å². The van der Waals surface area contributed by atoms with Gasteiger partial charge in [0, 0.05) is 25.9 Å². The van der Waals surface area contributed by atoms with Gasteiger partial charge in [0.15, 0.2) is 9.84 Å². The molecule has 1 aliphatic rings. The summed E-state index contributed by atoms with van der Waals surface area (Å²) in [5, 5.41) is 12.8. The van der Waals surface area contributed by atoms with Crippen molar-refractivity contribution in [1.82, 2.24) is 0 Å². The highest BCUT2D eigenvalue weighted by molar-refractivity contribution is 7.90. The summed E-state index contributed by atoms with van der Waals surface area (Å²) in [5.74, 6) is -2.31. The molecule has 9 heteroatoms. The minimum atomic E-state index is -3.63. The third kappa shape index (κ3) is 2.94. The van der Waals surface area contributed by atoms with E-state index in [1.165, 1.54) is 13.2 Å². The molecule has 0 saturated heterocycles. The van der Waals surface area contributed by atoms with Gasteiger partial charge in [-0.15, -0.1) is 0 Å². The molecule has 1 aromatic rings. The lowest BCUT2D eigenvalue weighted by Crippen LogP contribution is -2.27. The van der Waals surface area contributed by atoms with E-state index in [9.17, 15) is 13.2 Å². The van der Waals surface area contributed by atoms with Crippen LogP contribution in [0.2, 0.25) is 5.02 Å². The predicted octanol–water partition coefficient (Wildman–Crippen LogP) is 1.93. The third-order valence-electron chi connectivity index (χ3n) is 3.29. The molecule has 1 N–H and O–H groups in total. The van der Waals surface area contributed by atoms with Gasteiger partial charge in [0.1, 0.15) is 0 Å². The monoisotopic (exact) mass is 347 g/mol. The second-order valence-corrected chi connectivity index (χ2v) is 7.38. The summed E-state index contributed by atoms with van der Waals surface area (Å²) in [6.45, 7) is 1.62. The molecule has 1 heterocycles. The predicted molar refractivity (Wildman–Crippen MR) is 79.2 cm³/mol. The largest absolute Gasteiger partial charge is 0.478 e. The van der Waals surface area contributed by atoms with Crippen LogP contribution < -0.4 is 0 Å². The van der Waals surface area contributed by atoms with Crippen LogP contribution in [-0.2, 0) is 19.4 Å². The molecule has 0 spiro atoms. The Balaban J connectivity index is 2.68. The first-order valence-electron chi connectivity index (χ1n) is 6.15. The summed E-state index contributed by atoms with van der Waals surface area (Å²) in [4.78, 5) is 16.2. The summed E-state index contributed by atoms with van der Waals surface area (Å²) in [7, 11) is -2.21. The summed E-state index contributed by atoms with van der Waals surface area (Å²) in [6.07, 6.45) is 1.14. The SMILES string of the molecule is COC1(C)CC(c2c(S(C)(=O)=O)ccc(C(=O)O)c2Cl)=NO1. The fourth-order valence-corrected chi connectivity index (χ4v) is 3.38. The van der Waals surface area contributed by atoms with E-state index in [1.54, 1.807) is 6.92 Å². The van der Waals surface area contributed by atoms with E-state index in [4.69, 9.17) is 26.3 Å². The Labute approximate surface area is 132 Å². The summed E-state index contributed by atoms with van der Waals surface area (Å²) < 4.78 is 29.0. The summed E-state index contributed by atoms with van der Waals surface area (Å²) in [5.41, 5.74) is 0.0421. The van der Waals surface area contributed by atoms with Crippen molar-refractivity contribution in [3.63, 3.8) is 0 Å². The smallest absolute Gasteiger partial charge is 0.337 e. The maximum absolute atomic E-state index is 11.9. The van der Waals surface area contributed by atoms with Crippen LogP contribution in [0.25, 0.3) is 0 Å². The minimum absolute atomic E-state index is 0.0323. The lowest BCUT2D eigenvalue weighted by Gasteiger charge is -2.19. The standard InChI is InChI=1S/C13H14ClNO6S/c1-13(20-2)6-8(15-21-13)10-9(22(3,18)19)5-4-7(11(10)14)12(16)17/h4-5H,6H2,1-3H3,(H,16,17). The Morgan fingerprint density at radius 2 is 2.14 bits per heavy atom. The maximum atomic E-state index is 11.9. The van der Waals surface area contributed by atoms with Crippen LogP contribution in [0.3, 0.4) is 0 Å². The summed E-state index contributed by atoms with van der Waals surface area (Å²) in [6, 6.07) is 2.35. The molecule has 0 saturated carbocycles. The maximum Gasteiger partial charge on any atom is 0.337 e. The van der Waals surface area contributed by atoms with Crippen LogP contribution in [0.5, 0.6) is 0 Å². The van der Waals surface area contributed by atoms with Crippen LogP contribution >= 0.6 is 11.6 Å². The number of aromatic carboxylic acids is 1.